The molecular formula is C8H10IN3O. The van der Waals surface area contributed by atoms with Crippen LogP contribution in [0.25, 0.3) is 0 Å². The molecule has 5 heteroatoms. The van der Waals surface area contributed by atoms with Gasteiger partial charge in [-0.1, -0.05) is 0 Å². The van der Waals surface area contributed by atoms with Gasteiger partial charge in [-0.15, -0.1) is 0 Å². The molecule has 0 saturated carbocycles. The Hall–Kier alpha value is -0.430. The predicted molar refractivity (Wildman–Crippen MR) is 57.8 cm³/mol. The minimum absolute atomic E-state index is 0.792. The smallest absolute Gasteiger partial charge is 0.133 e. The summed E-state index contributed by atoms with van der Waals surface area (Å²) in [4.78, 5) is 10.5. The van der Waals surface area contributed by atoms with Gasteiger partial charge in [-0.2, -0.15) is 0 Å². The SMILES string of the molecule is Ic1cc(N2CCOCC2)ncn1. The lowest BCUT2D eigenvalue weighted by Gasteiger charge is -2.27. The molecule has 1 aliphatic heterocycles. The van der Waals surface area contributed by atoms with Crippen molar-refractivity contribution in [3.05, 3.63) is 16.1 Å². The molecule has 1 aromatic rings. The molecule has 0 amide bonds. The number of morpholine rings is 1. The highest BCUT2D eigenvalue weighted by Gasteiger charge is 2.12. The molecule has 0 radical (unpaired) electrons. The molecule has 0 aliphatic carbocycles. The molecule has 0 spiro atoms. The molecule has 1 aromatic heterocycles. The molecule has 1 fully saturated rings. The van der Waals surface area contributed by atoms with E-state index in [1.165, 1.54) is 0 Å². The first-order valence-corrected chi connectivity index (χ1v) is 5.24. The molecule has 2 rings (SSSR count). The summed E-state index contributed by atoms with van der Waals surface area (Å²) >= 11 is 2.19. The van der Waals surface area contributed by atoms with Crippen LogP contribution in [-0.2, 0) is 4.74 Å². The van der Waals surface area contributed by atoms with Crippen LogP contribution in [0.4, 0.5) is 5.82 Å². The van der Waals surface area contributed by atoms with E-state index in [-0.39, 0.29) is 0 Å². The van der Waals surface area contributed by atoms with Gasteiger partial charge < -0.3 is 9.64 Å². The molecule has 1 saturated heterocycles. The maximum absolute atomic E-state index is 5.26. The summed E-state index contributed by atoms with van der Waals surface area (Å²) in [5.41, 5.74) is 0. The van der Waals surface area contributed by atoms with Crippen molar-refractivity contribution in [3.8, 4) is 0 Å². The van der Waals surface area contributed by atoms with E-state index in [0.717, 1.165) is 35.8 Å². The van der Waals surface area contributed by atoms with E-state index in [1.54, 1.807) is 6.33 Å². The van der Waals surface area contributed by atoms with Crippen molar-refractivity contribution in [3.63, 3.8) is 0 Å². The number of hydrogen-bond donors (Lipinski definition) is 0. The van der Waals surface area contributed by atoms with Crippen molar-refractivity contribution >= 4 is 28.4 Å². The van der Waals surface area contributed by atoms with E-state index in [4.69, 9.17) is 4.74 Å². The Kier molecular flexibility index (Phi) is 2.94. The molecule has 0 aromatic carbocycles. The van der Waals surface area contributed by atoms with E-state index in [0.29, 0.717) is 0 Å². The third-order valence-corrected chi connectivity index (χ3v) is 2.54. The zero-order chi connectivity index (χ0) is 9.10. The lowest BCUT2D eigenvalue weighted by Crippen LogP contribution is -2.36. The third kappa shape index (κ3) is 2.28. The highest BCUT2D eigenvalue weighted by molar-refractivity contribution is 14.1. The fourth-order valence-corrected chi connectivity index (χ4v) is 1.69. The van der Waals surface area contributed by atoms with Gasteiger partial charge in [0.25, 0.3) is 0 Å². The standard InChI is InChI=1S/C8H10IN3O/c9-7-5-8(11-6-10-7)12-1-3-13-4-2-12/h5-6H,1-4H2. The molecule has 2 heterocycles. The number of aromatic nitrogens is 2. The summed E-state index contributed by atoms with van der Waals surface area (Å²) in [7, 11) is 0. The van der Waals surface area contributed by atoms with Gasteiger partial charge in [-0.3, -0.25) is 0 Å². The van der Waals surface area contributed by atoms with Gasteiger partial charge in [0, 0.05) is 19.2 Å². The first-order valence-electron chi connectivity index (χ1n) is 4.16. The first kappa shape index (κ1) is 9.14. The molecule has 13 heavy (non-hydrogen) atoms. The second kappa shape index (κ2) is 4.19. The Balaban J connectivity index is 2.14. The quantitative estimate of drug-likeness (QED) is 0.569. The number of hydrogen-bond acceptors (Lipinski definition) is 4. The van der Waals surface area contributed by atoms with Crippen molar-refractivity contribution < 1.29 is 4.74 Å². The number of ether oxygens (including phenoxy) is 1. The van der Waals surface area contributed by atoms with Gasteiger partial charge in [0.1, 0.15) is 15.8 Å². The van der Waals surface area contributed by atoms with Crippen molar-refractivity contribution in [2.45, 2.75) is 0 Å². The van der Waals surface area contributed by atoms with Crippen molar-refractivity contribution in [1.29, 1.82) is 0 Å². The van der Waals surface area contributed by atoms with E-state index in [9.17, 15) is 0 Å². The summed E-state index contributed by atoms with van der Waals surface area (Å²) in [5.74, 6) is 1.00. The average molecular weight is 291 g/mol. The van der Waals surface area contributed by atoms with Gasteiger partial charge in [-0.25, -0.2) is 9.97 Å². The van der Waals surface area contributed by atoms with Crippen LogP contribution >= 0.6 is 22.6 Å². The minimum atomic E-state index is 0.792. The molecule has 4 nitrogen and oxygen atoms in total. The topological polar surface area (TPSA) is 38.2 Å². The monoisotopic (exact) mass is 291 g/mol. The summed E-state index contributed by atoms with van der Waals surface area (Å²) < 4.78 is 6.25. The highest BCUT2D eigenvalue weighted by atomic mass is 127. The number of nitrogens with zero attached hydrogens (tertiary/aromatic N) is 3. The summed E-state index contributed by atoms with van der Waals surface area (Å²) in [6.07, 6.45) is 1.60. The number of anilines is 1. The number of rotatable bonds is 1. The largest absolute Gasteiger partial charge is 0.378 e. The van der Waals surface area contributed by atoms with Gasteiger partial charge in [0.05, 0.1) is 13.2 Å². The normalized spacial score (nSPS) is 17.5. The maximum atomic E-state index is 5.26. The van der Waals surface area contributed by atoms with Crippen LogP contribution in [0.1, 0.15) is 0 Å². The Morgan fingerprint density at radius 1 is 1.31 bits per heavy atom. The Labute approximate surface area is 90.5 Å². The van der Waals surface area contributed by atoms with Crippen molar-refractivity contribution in [1.82, 2.24) is 9.97 Å². The summed E-state index contributed by atoms with van der Waals surface area (Å²) in [5, 5.41) is 0. The van der Waals surface area contributed by atoms with Gasteiger partial charge in [-0.05, 0) is 22.6 Å². The Morgan fingerprint density at radius 2 is 2.08 bits per heavy atom. The van der Waals surface area contributed by atoms with Crippen LogP contribution in [0, 0.1) is 3.70 Å². The Bertz CT molecular complexity index is 288. The van der Waals surface area contributed by atoms with E-state index < -0.39 is 0 Å². The molecule has 70 valence electrons. The van der Waals surface area contributed by atoms with Gasteiger partial charge in [0.15, 0.2) is 0 Å². The summed E-state index contributed by atoms with van der Waals surface area (Å²) in [6, 6.07) is 1.99. The van der Waals surface area contributed by atoms with Crippen molar-refractivity contribution in [2.24, 2.45) is 0 Å². The average Bonchev–Trinajstić information content (AvgIpc) is 2.19. The molecule has 0 bridgehead atoms. The third-order valence-electron chi connectivity index (χ3n) is 1.95. The molecule has 0 N–H and O–H groups in total. The van der Waals surface area contributed by atoms with Crippen molar-refractivity contribution in [2.75, 3.05) is 31.2 Å². The molecule has 0 unspecified atom stereocenters. The van der Waals surface area contributed by atoms with Crippen LogP contribution in [0.2, 0.25) is 0 Å². The van der Waals surface area contributed by atoms with Crippen LogP contribution in [0.15, 0.2) is 12.4 Å². The van der Waals surface area contributed by atoms with Gasteiger partial charge in [0.2, 0.25) is 0 Å². The molecule has 0 atom stereocenters. The zero-order valence-electron chi connectivity index (χ0n) is 7.11. The van der Waals surface area contributed by atoms with Crippen LogP contribution in [-0.4, -0.2) is 36.3 Å². The first-order chi connectivity index (χ1) is 6.36. The summed E-state index contributed by atoms with van der Waals surface area (Å²) in [6.45, 7) is 3.43. The Morgan fingerprint density at radius 3 is 2.77 bits per heavy atom. The lowest BCUT2D eigenvalue weighted by atomic mass is 10.4. The van der Waals surface area contributed by atoms with E-state index in [1.807, 2.05) is 6.07 Å². The van der Waals surface area contributed by atoms with Crippen LogP contribution < -0.4 is 4.90 Å². The lowest BCUT2D eigenvalue weighted by molar-refractivity contribution is 0.122. The van der Waals surface area contributed by atoms with Gasteiger partial charge >= 0.3 is 0 Å². The van der Waals surface area contributed by atoms with Crippen LogP contribution in [0.5, 0.6) is 0 Å². The van der Waals surface area contributed by atoms with Crippen LogP contribution in [0.3, 0.4) is 0 Å². The second-order valence-electron chi connectivity index (χ2n) is 2.80. The molecular weight excluding hydrogens is 281 g/mol. The fraction of sp³-hybridized carbons (Fsp3) is 0.500. The molecule has 1 aliphatic rings. The van der Waals surface area contributed by atoms with E-state index >= 15 is 0 Å². The zero-order valence-corrected chi connectivity index (χ0v) is 9.27. The highest BCUT2D eigenvalue weighted by Crippen LogP contribution is 2.13. The van der Waals surface area contributed by atoms with E-state index in [2.05, 4.69) is 37.5 Å². The minimum Gasteiger partial charge on any atom is -0.378 e. The predicted octanol–water partition coefficient (Wildman–Crippen LogP) is 0.918. The second-order valence-corrected chi connectivity index (χ2v) is 3.90. The maximum Gasteiger partial charge on any atom is 0.133 e. The number of halogens is 1. The fourth-order valence-electron chi connectivity index (χ4n) is 1.29.